The van der Waals surface area contributed by atoms with E-state index < -0.39 is 5.97 Å². The molecule has 0 heterocycles. The molecule has 1 N–H and O–H groups in total. The van der Waals surface area contributed by atoms with Crippen LogP contribution in [-0.2, 0) is 0 Å². The van der Waals surface area contributed by atoms with Gasteiger partial charge in [-0.2, -0.15) is 5.10 Å². The Labute approximate surface area is 193 Å². The maximum absolute atomic E-state index is 12.7. The number of nitrogens with zero attached hydrogens (tertiary/aromatic N) is 1. The first-order valence-electron chi connectivity index (χ1n) is 9.91. The van der Waals surface area contributed by atoms with E-state index in [0.29, 0.717) is 22.4 Å². The third kappa shape index (κ3) is 4.92. The van der Waals surface area contributed by atoms with Crippen LogP contribution in [0.25, 0.3) is 10.8 Å². The summed E-state index contributed by atoms with van der Waals surface area (Å²) in [4.78, 5) is 25.1. The highest BCUT2D eigenvalue weighted by molar-refractivity contribution is 9.10. The van der Waals surface area contributed by atoms with E-state index in [9.17, 15) is 9.59 Å². The Hall–Kier alpha value is -3.77. The summed E-state index contributed by atoms with van der Waals surface area (Å²) >= 11 is 3.35. The zero-order valence-electron chi connectivity index (χ0n) is 17.2. The van der Waals surface area contributed by atoms with E-state index in [-0.39, 0.29) is 5.91 Å². The second-order valence-electron chi connectivity index (χ2n) is 7.17. The number of aryl methyl sites for hydroxylation is 1. The maximum atomic E-state index is 12.7. The van der Waals surface area contributed by atoms with Crippen molar-refractivity contribution in [1.82, 2.24) is 5.43 Å². The van der Waals surface area contributed by atoms with Gasteiger partial charge in [0.15, 0.2) is 0 Å². The first kappa shape index (κ1) is 21.5. The van der Waals surface area contributed by atoms with Gasteiger partial charge in [-0.15, -0.1) is 0 Å². The van der Waals surface area contributed by atoms with Crippen molar-refractivity contribution in [3.8, 4) is 5.75 Å². The Bertz CT molecular complexity index is 1350. The van der Waals surface area contributed by atoms with E-state index in [1.54, 1.807) is 36.4 Å². The molecule has 0 aliphatic heterocycles. The molecular weight excluding hydrogens is 468 g/mol. The summed E-state index contributed by atoms with van der Waals surface area (Å²) < 4.78 is 6.50. The van der Waals surface area contributed by atoms with Crippen LogP contribution in [0.5, 0.6) is 5.75 Å². The molecule has 0 aliphatic rings. The smallest absolute Gasteiger partial charge is 0.343 e. The van der Waals surface area contributed by atoms with Gasteiger partial charge < -0.3 is 4.74 Å². The molecule has 5 nitrogen and oxygen atoms in total. The number of carbonyl (C=O) groups is 2. The lowest BCUT2D eigenvalue weighted by atomic mass is 10.0. The highest BCUT2D eigenvalue weighted by atomic mass is 79.9. The Morgan fingerprint density at radius 2 is 1.69 bits per heavy atom. The molecule has 4 rings (SSSR count). The fourth-order valence-corrected chi connectivity index (χ4v) is 3.68. The van der Waals surface area contributed by atoms with Crippen molar-refractivity contribution in [3.05, 3.63) is 112 Å². The first-order valence-corrected chi connectivity index (χ1v) is 10.7. The van der Waals surface area contributed by atoms with Crippen LogP contribution in [0.2, 0.25) is 0 Å². The van der Waals surface area contributed by atoms with Gasteiger partial charge in [0, 0.05) is 15.6 Å². The van der Waals surface area contributed by atoms with Crippen molar-refractivity contribution >= 4 is 44.8 Å². The molecule has 4 aromatic carbocycles. The molecule has 0 radical (unpaired) electrons. The van der Waals surface area contributed by atoms with Gasteiger partial charge in [0.2, 0.25) is 0 Å². The monoisotopic (exact) mass is 486 g/mol. The summed E-state index contributed by atoms with van der Waals surface area (Å²) in [5, 5.41) is 5.93. The number of hydrogen-bond donors (Lipinski definition) is 1. The van der Waals surface area contributed by atoms with Crippen LogP contribution in [-0.4, -0.2) is 18.1 Å². The second-order valence-corrected chi connectivity index (χ2v) is 8.08. The Morgan fingerprint density at radius 3 is 2.50 bits per heavy atom. The molecule has 158 valence electrons. The van der Waals surface area contributed by atoms with Gasteiger partial charge in [-0.05, 0) is 54.1 Å². The van der Waals surface area contributed by atoms with Crippen LogP contribution in [0, 0.1) is 6.92 Å². The number of carbonyl (C=O) groups excluding carboxylic acids is 2. The van der Waals surface area contributed by atoms with Crippen molar-refractivity contribution < 1.29 is 14.3 Å². The normalized spacial score (nSPS) is 10.9. The minimum Gasteiger partial charge on any atom is -0.422 e. The van der Waals surface area contributed by atoms with E-state index in [1.165, 1.54) is 6.21 Å². The molecule has 0 fully saturated rings. The Morgan fingerprint density at radius 1 is 0.906 bits per heavy atom. The number of hydrazone groups is 1. The molecular formula is C26H19BrN2O3. The van der Waals surface area contributed by atoms with Gasteiger partial charge in [-0.3, -0.25) is 4.79 Å². The van der Waals surface area contributed by atoms with Gasteiger partial charge in [0.25, 0.3) is 5.91 Å². The average Bonchev–Trinajstić information content (AvgIpc) is 2.80. The number of hydrogen-bond acceptors (Lipinski definition) is 4. The van der Waals surface area contributed by atoms with Crippen LogP contribution >= 0.6 is 15.9 Å². The summed E-state index contributed by atoms with van der Waals surface area (Å²) in [5.41, 5.74) is 5.03. The third-order valence-electron chi connectivity index (χ3n) is 4.83. The lowest BCUT2D eigenvalue weighted by molar-refractivity contribution is 0.0734. The highest BCUT2D eigenvalue weighted by Crippen LogP contribution is 2.27. The standard InChI is InChI=1S/C26H19BrN2O3/c1-17-6-4-9-20(14-17)26(31)32-24-13-12-18-7-2-3-11-22(18)23(24)16-28-29-25(30)19-8-5-10-21(27)15-19/h2-16H,1H3,(H,29,30). The van der Waals surface area contributed by atoms with E-state index in [1.807, 2.05) is 55.5 Å². The van der Waals surface area contributed by atoms with Gasteiger partial charge in [-0.1, -0.05) is 70.0 Å². The van der Waals surface area contributed by atoms with Crippen molar-refractivity contribution in [2.45, 2.75) is 6.92 Å². The van der Waals surface area contributed by atoms with Gasteiger partial charge in [0.1, 0.15) is 5.75 Å². The Balaban J connectivity index is 1.63. The predicted octanol–water partition coefficient (Wildman–Crippen LogP) is 5.89. The van der Waals surface area contributed by atoms with Gasteiger partial charge >= 0.3 is 5.97 Å². The zero-order valence-corrected chi connectivity index (χ0v) is 18.8. The molecule has 32 heavy (non-hydrogen) atoms. The average molecular weight is 487 g/mol. The van der Waals surface area contributed by atoms with Crippen LogP contribution in [0.15, 0.2) is 94.5 Å². The number of nitrogens with one attached hydrogen (secondary N) is 1. The number of esters is 1. The predicted molar refractivity (Wildman–Crippen MR) is 129 cm³/mol. The maximum Gasteiger partial charge on any atom is 0.343 e. The highest BCUT2D eigenvalue weighted by Gasteiger charge is 2.14. The quantitative estimate of drug-likeness (QED) is 0.165. The van der Waals surface area contributed by atoms with E-state index >= 15 is 0 Å². The molecule has 1 amide bonds. The lowest BCUT2D eigenvalue weighted by Crippen LogP contribution is -2.17. The lowest BCUT2D eigenvalue weighted by Gasteiger charge is -2.11. The molecule has 4 aromatic rings. The van der Waals surface area contributed by atoms with Crippen molar-refractivity contribution in [2.24, 2.45) is 5.10 Å². The van der Waals surface area contributed by atoms with Gasteiger partial charge in [0.05, 0.1) is 11.8 Å². The third-order valence-corrected chi connectivity index (χ3v) is 5.33. The molecule has 0 aliphatic carbocycles. The summed E-state index contributed by atoms with van der Waals surface area (Å²) in [5.74, 6) is -0.450. The van der Waals surface area contributed by atoms with Crippen molar-refractivity contribution in [1.29, 1.82) is 0 Å². The largest absolute Gasteiger partial charge is 0.422 e. The van der Waals surface area contributed by atoms with Crippen molar-refractivity contribution in [3.63, 3.8) is 0 Å². The number of ether oxygens (including phenoxy) is 1. The molecule has 0 spiro atoms. The number of rotatable bonds is 5. The number of benzene rings is 4. The molecule has 6 heteroatoms. The van der Waals surface area contributed by atoms with Crippen LogP contribution in [0.1, 0.15) is 31.8 Å². The number of fused-ring (bicyclic) bond motifs is 1. The fraction of sp³-hybridized carbons (Fsp3) is 0.0385. The number of halogens is 1. The fourth-order valence-electron chi connectivity index (χ4n) is 3.28. The zero-order chi connectivity index (χ0) is 22.5. The first-order chi connectivity index (χ1) is 15.5. The molecule has 0 bridgehead atoms. The molecule has 0 saturated heterocycles. The summed E-state index contributed by atoms with van der Waals surface area (Å²) in [6.07, 6.45) is 1.50. The number of amides is 1. The van der Waals surface area contributed by atoms with Gasteiger partial charge in [-0.25, -0.2) is 10.2 Å². The topological polar surface area (TPSA) is 67.8 Å². The van der Waals surface area contributed by atoms with E-state index in [4.69, 9.17) is 4.74 Å². The molecule has 0 saturated carbocycles. The molecule has 0 unspecified atom stereocenters. The SMILES string of the molecule is Cc1cccc(C(=O)Oc2ccc3ccccc3c2C=NNC(=O)c2cccc(Br)c2)c1. The minimum atomic E-state index is -0.461. The van der Waals surface area contributed by atoms with E-state index in [0.717, 1.165) is 20.8 Å². The van der Waals surface area contributed by atoms with Crippen LogP contribution in [0.4, 0.5) is 0 Å². The Kier molecular flexibility index (Phi) is 6.42. The van der Waals surface area contributed by atoms with E-state index in [2.05, 4.69) is 26.5 Å². The molecule has 0 aromatic heterocycles. The summed E-state index contributed by atoms with van der Waals surface area (Å²) in [6.45, 7) is 1.92. The van der Waals surface area contributed by atoms with Crippen molar-refractivity contribution in [2.75, 3.05) is 0 Å². The van der Waals surface area contributed by atoms with Crippen LogP contribution in [0.3, 0.4) is 0 Å². The molecule has 0 atom stereocenters. The summed E-state index contributed by atoms with van der Waals surface area (Å²) in [7, 11) is 0. The summed E-state index contributed by atoms with van der Waals surface area (Å²) in [6, 6.07) is 25.5. The minimum absolute atomic E-state index is 0.346. The van der Waals surface area contributed by atoms with Crippen LogP contribution < -0.4 is 10.2 Å². The second kappa shape index (κ2) is 9.58.